The summed E-state index contributed by atoms with van der Waals surface area (Å²) in [6, 6.07) is 7.06. The largest absolute Gasteiger partial charge is 0.316 e. The molecule has 0 saturated carbocycles. The lowest BCUT2D eigenvalue weighted by molar-refractivity contribution is 0.354. The van der Waals surface area contributed by atoms with E-state index < -0.39 is 0 Å². The van der Waals surface area contributed by atoms with E-state index in [2.05, 4.69) is 26.1 Å². The first-order chi connectivity index (χ1) is 9.65. The predicted molar refractivity (Wildman–Crippen MR) is 85.4 cm³/mol. The van der Waals surface area contributed by atoms with Gasteiger partial charge in [0.2, 0.25) is 0 Å². The van der Waals surface area contributed by atoms with Crippen molar-refractivity contribution < 1.29 is 4.39 Å². The summed E-state index contributed by atoms with van der Waals surface area (Å²) in [5, 5.41) is 3.52. The van der Waals surface area contributed by atoms with Crippen LogP contribution in [0.4, 0.5) is 4.39 Å². The van der Waals surface area contributed by atoms with Gasteiger partial charge >= 0.3 is 0 Å². The van der Waals surface area contributed by atoms with Crippen LogP contribution in [0.3, 0.4) is 0 Å². The second-order valence-corrected chi connectivity index (χ2v) is 6.03. The zero-order valence-electron chi connectivity index (χ0n) is 13.3. The number of hydrogen-bond donors (Lipinski definition) is 1. The van der Waals surface area contributed by atoms with E-state index in [0.29, 0.717) is 5.92 Å². The third-order valence-electron chi connectivity index (χ3n) is 3.79. The molecule has 0 heterocycles. The van der Waals surface area contributed by atoms with Crippen molar-refractivity contribution in [1.82, 2.24) is 5.32 Å². The maximum atomic E-state index is 13.3. The second-order valence-electron chi connectivity index (χ2n) is 6.03. The third kappa shape index (κ3) is 7.04. The summed E-state index contributed by atoms with van der Waals surface area (Å²) in [4.78, 5) is 0. The normalized spacial score (nSPS) is 14.2. The minimum absolute atomic E-state index is 0.121. The topological polar surface area (TPSA) is 12.0 Å². The molecule has 0 bridgehead atoms. The minimum atomic E-state index is -0.121. The lowest BCUT2D eigenvalue weighted by Gasteiger charge is -2.21. The molecule has 1 aromatic rings. The molecule has 20 heavy (non-hydrogen) atoms. The van der Waals surface area contributed by atoms with Crippen LogP contribution < -0.4 is 5.32 Å². The maximum absolute atomic E-state index is 13.3. The van der Waals surface area contributed by atoms with Gasteiger partial charge in [-0.25, -0.2) is 4.39 Å². The molecular formula is C18H30FN. The van der Waals surface area contributed by atoms with Crippen molar-refractivity contribution in [2.75, 3.05) is 13.1 Å². The first-order valence-corrected chi connectivity index (χ1v) is 8.10. The maximum Gasteiger partial charge on any atom is 0.123 e. The van der Waals surface area contributed by atoms with E-state index >= 15 is 0 Å². The average molecular weight is 279 g/mol. The van der Waals surface area contributed by atoms with Crippen molar-refractivity contribution in [2.24, 2.45) is 11.8 Å². The number of rotatable bonds is 10. The monoisotopic (exact) mass is 279 g/mol. The third-order valence-corrected chi connectivity index (χ3v) is 3.79. The second kappa shape index (κ2) is 9.93. The van der Waals surface area contributed by atoms with E-state index in [4.69, 9.17) is 0 Å². The smallest absolute Gasteiger partial charge is 0.123 e. The van der Waals surface area contributed by atoms with Crippen molar-refractivity contribution in [3.05, 3.63) is 35.6 Å². The Labute approximate surface area is 124 Å². The first kappa shape index (κ1) is 17.2. The molecule has 1 rings (SSSR count). The van der Waals surface area contributed by atoms with Gasteiger partial charge in [0.25, 0.3) is 0 Å². The van der Waals surface area contributed by atoms with Crippen molar-refractivity contribution in [1.29, 1.82) is 0 Å². The van der Waals surface area contributed by atoms with Crippen LogP contribution in [0.1, 0.15) is 52.0 Å². The predicted octanol–water partition coefficient (Wildman–Crippen LogP) is 4.81. The van der Waals surface area contributed by atoms with Gasteiger partial charge in [-0.3, -0.25) is 0 Å². The quantitative estimate of drug-likeness (QED) is 0.606. The Morgan fingerprint density at radius 1 is 1.20 bits per heavy atom. The van der Waals surface area contributed by atoms with Gasteiger partial charge in [-0.05, 0) is 61.9 Å². The fourth-order valence-corrected chi connectivity index (χ4v) is 2.90. The molecule has 2 atom stereocenters. The Bertz CT molecular complexity index is 364. The lowest BCUT2D eigenvalue weighted by Crippen LogP contribution is -2.26. The van der Waals surface area contributed by atoms with Gasteiger partial charge in [-0.1, -0.05) is 45.7 Å². The summed E-state index contributed by atoms with van der Waals surface area (Å²) >= 11 is 0. The van der Waals surface area contributed by atoms with Gasteiger partial charge in [-0.15, -0.1) is 0 Å². The number of hydrogen-bond acceptors (Lipinski definition) is 1. The number of benzene rings is 1. The standard InChI is InChI=1S/C18H30FN/c1-4-7-15(3)11-17(14-20-10-5-2)12-16-8-6-9-18(19)13-16/h6,8-9,13,15,17,20H,4-5,7,10-12,14H2,1-3H3. The summed E-state index contributed by atoms with van der Waals surface area (Å²) in [6.07, 6.45) is 5.89. The molecule has 0 radical (unpaired) electrons. The molecule has 0 aliphatic rings. The molecule has 0 aliphatic carbocycles. The molecular weight excluding hydrogens is 249 g/mol. The van der Waals surface area contributed by atoms with E-state index in [1.165, 1.54) is 25.3 Å². The molecule has 2 heteroatoms. The van der Waals surface area contributed by atoms with Crippen molar-refractivity contribution in [3.8, 4) is 0 Å². The van der Waals surface area contributed by atoms with Crippen molar-refractivity contribution in [2.45, 2.75) is 52.9 Å². The van der Waals surface area contributed by atoms with Gasteiger partial charge in [0.1, 0.15) is 5.82 Å². The van der Waals surface area contributed by atoms with Crippen LogP contribution >= 0.6 is 0 Å². The van der Waals surface area contributed by atoms with Gasteiger partial charge in [0.15, 0.2) is 0 Å². The van der Waals surface area contributed by atoms with E-state index in [9.17, 15) is 4.39 Å². The summed E-state index contributed by atoms with van der Waals surface area (Å²) in [7, 11) is 0. The van der Waals surface area contributed by atoms with E-state index in [1.54, 1.807) is 6.07 Å². The summed E-state index contributed by atoms with van der Waals surface area (Å²) in [5.41, 5.74) is 1.12. The van der Waals surface area contributed by atoms with Crippen LogP contribution in [-0.2, 0) is 6.42 Å². The van der Waals surface area contributed by atoms with Gasteiger partial charge in [0.05, 0.1) is 0 Å². The highest BCUT2D eigenvalue weighted by Gasteiger charge is 2.14. The molecule has 0 aliphatic heterocycles. The number of nitrogens with one attached hydrogen (secondary N) is 1. The van der Waals surface area contributed by atoms with Crippen LogP contribution in [0.25, 0.3) is 0 Å². The van der Waals surface area contributed by atoms with E-state index in [0.717, 1.165) is 37.4 Å². The highest BCUT2D eigenvalue weighted by molar-refractivity contribution is 5.16. The molecule has 114 valence electrons. The Morgan fingerprint density at radius 2 is 2.00 bits per heavy atom. The van der Waals surface area contributed by atoms with Crippen LogP contribution in [0.2, 0.25) is 0 Å². The molecule has 0 spiro atoms. The SMILES string of the molecule is CCCNCC(Cc1cccc(F)c1)CC(C)CCC. The summed E-state index contributed by atoms with van der Waals surface area (Å²) in [6.45, 7) is 8.88. The zero-order valence-corrected chi connectivity index (χ0v) is 13.3. The average Bonchev–Trinajstić information content (AvgIpc) is 2.39. The van der Waals surface area contributed by atoms with Crippen LogP contribution in [0.15, 0.2) is 24.3 Å². The van der Waals surface area contributed by atoms with Gasteiger partial charge in [-0.2, -0.15) is 0 Å². The van der Waals surface area contributed by atoms with E-state index in [1.807, 2.05) is 12.1 Å². The fraction of sp³-hybridized carbons (Fsp3) is 0.667. The highest BCUT2D eigenvalue weighted by Crippen LogP contribution is 2.20. The molecule has 1 aromatic carbocycles. The van der Waals surface area contributed by atoms with Crippen LogP contribution in [-0.4, -0.2) is 13.1 Å². The van der Waals surface area contributed by atoms with Gasteiger partial charge in [0, 0.05) is 0 Å². The molecule has 0 fully saturated rings. The zero-order chi connectivity index (χ0) is 14.8. The highest BCUT2D eigenvalue weighted by atomic mass is 19.1. The molecule has 0 saturated heterocycles. The molecule has 1 nitrogen and oxygen atoms in total. The molecule has 0 amide bonds. The van der Waals surface area contributed by atoms with Crippen LogP contribution in [0.5, 0.6) is 0 Å². The summed E-state index contributed by atoms with van der Waals surface area (Å²) in [5.74, 6) is 1.23. The van der Waals surface area contributed by atoms with Crippen molar-refractivity contribution >= 4 is 0 Å². The molecule has 0 aromatic heterocycles. The van der Waals surface area contributed by atoms with Gasteiger partial charge < -0.3 is 5.32 Å². The first-order valence-electron chi connectivity index (χ1n) is 8.10. The Morgan fingerprint density at radius 3 is 2.65 bits per heavy atom. The van der Waals surface area contributed by atoms with Crippen molar-refractivity contribution in [3.63, 3.8) is 0 Å². The fourth-order valence-electron chi connectivity index (χ4n) is 2.90. The van der Waals surface area contributed by atoms with Crippen LogP contribution in [0, 0.1) is 17.7 Å². The Hall–Kier alpha value is -0.890. The Kier molecular flexibility index (Phi) is 8.52. The Balaban J connectivity index is 2.56. The van der Waals surface area contributed by atoms with E-state index in [-0.39, 0.29) is 5.82 Å². The molecule has 1 N–H and O–H groups in total. The summed E-state index contributed by atoms with van der Waals surface area (Å²) < 4.78 is 13.3. The molecule has 2 unspecified atom stereocenters. The minimum Gasteiger partial charge on any atom is -0.316 e. The lowest BCUT2D eigenvalue weighted by atomic mass is 9.88. The number of halogens is 1.